The van der Waals surface area contributed by atoms with Crippen LogP contribution in [-0.4, -0.2) is 45.8 Å². The van der Waals surface area contributed by atoms with Gasteiger partial charge in [-0.15, -0.1) is 0 Å². The Labute approximate surface area is 277 Å². The van der Waals surface area contributed by atoms with E-state index in [1.54, 1.807) is 6.07 Å². The number of carbonyl (C=O) groups excluding carboxylic acids is 1. The van der Waals surface area contributed by atoms with Gasteiger partial charge < -0.3 is 15.3 Å². The molecule has 5 heterocycles. The lowest BCUT2D eigenvalue weighted by atomic mass is 10.0. The van der Waals surface area contributed by atoms with E-state index in [-0.39, 0.29) is 5.91 Å². The number of aromatic nitrogens is 8. The second kappa shape index (κ2) is 10.5. The molecule has 0 unspecified atom stereocenters. The molecule has 8 bridgehead atoms. The number of benzene rings is 5. The Kier molecular flexibility index (Phi) is 5.79. The summed E-state index contributed by atoms with van der Waals surface area (Å²) in [6, 6.07) is 38.7. The first-order valence-corrected chi connectivity index (χ1v) is 15.8. The fraction of sp³-hybridized carbons (Fsp3) is 0. The molecule has 230 valence electrons. The average Bonchev–Trinajstić information content (AvgIpc) is 3.87. The van der Waals surface area contributed by atoms with Gasteiger partial charge in [0.1, 0.15) is 22.6 Å². The Hall–Kier alpha value is -7.07. The summed E-state index contributed by atoms with van der Waals surface area (Å²) in [6.45, 7) is 0. The molecular formula is C39H23N9O. The van der Waals surface area contributed by atoms with Gasteiger partial charge in [-0.05, 0) is 30.3 Å². The molecule has 0 saturated carbocycles. The number of rotatable bonds is 2. The minimum absolute atomic E-state index is 0.242. The van der Waals surface area contributed by atoms with Crippen molar-refractivity contribution >= 4 is 55.7 Å². The van der Waals surface area contributed by atoms with Crippen molar-refractivity contribution in [2.24, 2.45) is 0 Å². The third-order valence-corrected chi connectivity index (χ3v) is 8.85. The first kappa shape index (κ1) is 27.1. The molecular weight excluding hydrogens is 610 g/mol. The van der Waals surface area contributed by atoms with Gasteiger partial charge >= 0.3 is 0 Å². The van der Waals surface area contributed by atoms with Crippen LogP contribution in [0.3, 0.4) is 0 Å². The van der Waals surface area contributed by atoms with Crippen LogP contribution in [0.4, 0.5) is 5.69 Å². The molecule has 10 nitrogen and oxygen atoms in total. The van der Waals surface area contributed by atoms with Crippen LogP contribution in [0.15, 0.2) is 121 Å². The highest BCUT2D eigenvalue weighted by Gasteiger charge is 2.24. The van der Waals surface area contributed by atoms with Gasteiger partial charge in [-0.3, -0.25) is 4.79 Å². The summed E-state index contributed by atoms with van der Waals surface area (Å²) in [4.78, 5) is 50.4. The first-order chi connectivity index (χ1) is 24.2. The molecule has 2 aliphatic heterocycles. The first-order valence-electron chi connectivity index (χ1n) is 15.8. The van der Waals surface area contributed by atoms with Crippen molar-refractivity contribution < 1.29 is 4.79 Å². The Balaban J connectivity index is 1.29. The lowest BCUT2D eigenvalue weighted by Gasteiger charge is -2.07. The van der Waals surface area contributed by atoms with Crippen LogP contribution < -0.4 is 5.32 Å². The van der Waals surface area contributed by atoms with Gasteiger partial charge in [0.05, 0.1) is 0 Å². The number of H-pyrrole nitrogens is 2. The SMILES string of the molecule is O=C(Nc1ccccc1)c1ccc2c(c1)-c1nc3nc(nc4[nH]c(nc5[nH]c(nc-2n1)c1ccccc51)c1ccccc41)-c1ccccc1-3. The Morgan fingerprint density at radius 3 is 1.41 bits per heavy atom. The summed E-state index contributed by atoms with van der Waals surface area (Å²) >= 11 is 0. The van der Waals surface area contributed by atoms with E-state index < -0.39 is 0 Å². The molecule has 2 aliphatic rings. The lowest BCUT2D eigenvalue weighted by Crippen LogP contribution is -2.11. The van der Waals surface area contributed by atoms with Crippen LogP contribution in [0.5, 0.6) is 0 Å². The summed E-state index contributed by atoms with van der Waals surface area (Å²) in [6.07, 6.45) is 0. The molecule has 10 rings (SSSR count). The van der Waals surface area contributed by atoms with E-state index in [9.17, 15) is 4.79 Å². The van der Waals surface area contributed by atoms with Gasteiger partial charge in [0.25, 0.3) is 5.91 Å². The van der Waals surface area contributed by atoms with Gasteiger partial charge in [0.15, 0.2) is 23.3 Å². The zero-order chi connectivity index (χ0) is 32.5. The van der Waals surface area contributed by atoms with Crippen molar-refractivity contribution in [3.05, 3.63) is 127 Å². The molecule has 0 spiro atoms. The standard InChI is InChI=1S/C39H23N9O/c49-39(40-22-10-2-1-3-11-22)21-18-19-29-30(20-21)38-47-36-28-17-9-8-16-27(28)34(45-36)43-32-24-13-5-4-12-23(24)31(41-32)42-33-25-14-6-7-15-26(25)35(44-33)46-37(29)48-38/h1-20H,(H,40,49)(H2,41,42,43,44,45,46,47,48). The van der Waals surface area contributed by atoms with Crippen LogP contribution in [0.2, 0.25) is 0 Å². The molecule has 10 heteroatoms. The molecule has 3 N–H and O–H groups in total. The zero-order valence-electron chi connectivity index (χ0n) is 25.6. The molecule has 0 fully saturated rings. The maximum Gasteiger partial charge on any atom is 0.255 e. The molecule has 49 heavy (non-hydrogen) atoms. The predicted molar refractivity (Wildman–Crippen MR) is 190 cm³/mol. The highest BCUT2D eigenvalue weighted by atomic mass is 16.1. The fourth-order valence-electron chi connectivity index (χ4n) is 6.51. The van der Waals surface area contributed by atoms with Crippen molar-refractivity contribution in [2.75, 3.05) is 5.32 Å². The van der Waals surface area contributed by atoms with Crippen molar-refractivity contribution in [3.63, 3.8) is 0 Å². The molecule has 0 saturated heterocycles. The van der Waals surface area contributed by atoms with Crippen molar-refractivity contribution in [2.45, 2.75) is 0 Å². The fourth-order valence-corrected chi connectivity index (χ4v) is 6.51. The number of fused-ring (bicyclic) bond motifs is 20. The molecule has 3 aromatic heterocycles. The second-order valence-corrected chi connectivity index (χ2v) is 11.8. The van der Waals surface area contributed by atoms with E-state index >= 15 is 0 Å². The third kappa shape index (κ3) is 4.39. The molecule has 0 aliphatic carbocycles. The van der Waals surface area contributed by atoms with Crippen molar-refractivity contribution in [1.29, 1.82) is 0 Å². The summed E-state index contributed by atoms with van der Waals surface area (Å²) in [5.74, 6) is 1.62. The number of para-hydroxylation sites is 1. The number of nitrogens with zero attached hydrogens (tertiary/aromatic N) is 6. The van der Waals surface area contributed by atoms with Crippen molar-refractivity contribution in [3.8, 4) is 45.6 Å². The summed E-state index contributed by atoms with van der Waals surface area (Å²) in [7, 11) is 0. The van der Waals surface area contributed by atoms with Gasteiger partial charge in [-0.2, -0.15) is 0 Å². The van der Waals surface area contributed by atoms with Gasteiger partial charge in [0.2, 0.25) is 0 Å². The molecule has 8 aromatic rings. The minimum Gasteiger partial charge on any atom is -0.324 e. The van der Waals surface area contributed by atoms with E-state index in [4.69, 9.17) is 29.9 Å². The van der Waals surface area contributed by atoms with E-state index in [2.05, 4.69) is 15.3 Å². The van der Waals surface area contributed by atoms with Crippen LogP contribution in [-0.2, 0) is 0 Å². The van der Waals surface area contributed by atoms with E-state index in [0.717, 1.165) is 38.2 Å². The predicted octanol–water partition coefficient (Wildman–Crippen LogP) is 8.12. The summed E-state index contributed by atoms with van der Waals surface area (Å²) in [5.41, 5.74) is 6.85. The smallest absolute Gasteiger partial charge is 0.255 e. The monoisotopic (exact) mass is 633 g/mol. The topological polar surface area (TPSA) is 138 Å². The lowest BCUT2D eigenvalue weighted by molar-refractivity contribution is 0.102. The van der Waals surface area contributed by atoms with Crippen molar-refractivity contribution in [1.82, 2.24) is 39.9 Å². The Morgan fingerprint density at radius 2 is 0.857 bits per heavy atom. The van der Waals surface area contributed by atoms with Crippen LogP contribution in [0.1, 0.15) is 10.4 Å². The number of carbonyl (C=O) groups is 1. The zero-order valence-corrected chi connectivity index (χ0v) is 25.6. The molecule has 0 atom stereocenters. The number of amides is 1. The highest BCUT2D eigenvalue weighted by Crippen LogP contribution is 2.38. The molecule has 0 radical (unpaired) electrons. The van der Waals surface area contributed by atoms with E-state index in [0.29, 0.717) is 62.7 Å². The maximum atomic E-state index is 13.4. The highest BCUT2D eigenvalue weighted by molar-refractivity contribution is 6.08. The summed E-state index contributed by atoms with van der Waals surface area (Å²) < 4.78 is 0. The maximum absolute atomic E-state index is 13.4. The molecule has 1 amide bonds. The number of nitrogens with one attached hydrogen (secondary N) is 3. The number of hydrogen-bond acceptors (Lipinski definition) is 7. The van der Waals surface area contributed by atoms with Gasteiger partial charge in [-0.25, -0.2) is 29.9 Å². The number of hydrogen-bond donors (Lipinski definition) is 3. The van der Waals surface area contributed by atoms with Crippen LogP contribution in [0, 0.1) is 0 Å². The average molecular weight is 634 g/mol. The minimum atomic E-state index is -0.242. The molecule has 5 aromatic carbocycles. The largest absolute Gasteiger partial charge is 0.324 e. The quantitative estimate of drug-likeness (QED) is 0.175. The van der Waals surface area contributed by atoms with Crippen LogP contribution >= 0.6 is 0 Å². The Bertz CT molecular complexity index is 2840. The number of aromatic amines is 2. The number of anilines is 1. The van der Waals surface area contributed by atoms with E-state index in [1.165, 1.54) is 0 Å². The normalized spacial score (nSPS) is 11.8. The third-order valence-electron chi connectivity index (χ3n) is 8.85. The van der Waals surface area contributed by atoms with Gasteiger partial charge in [-0.1, -0.05) is 91.0 Å². The van der Waals surface area contributed by atoms with Crippen LogP contribution in [0.25, 0.3) is 89.7 Å². The van der Waals surface area contributed by atoms with Gasteiger partial charge in [0, 0.05) is 55.0 Å². The second-order valence-electron chi connectivity index (χ2n) is 11.8. The van der Waals surface area contributed by atoms with E-state index in [1.807, 2.05) is 115 Å². The Morgan fingerprint density at radius 1 is 0.429 bits per heavy atom. The summed E-state index contributed by atoms with van der Waals surface area (Å²) in [5, 5.41) is 6.64.